The zero-order valence-corrected chi connectivity index (χ0v) is 10.5. The number of amides is 2. The van der Waals surface area contributed by atoms with Crippen LogP contribution in [0, 0.1) is 13.8 Å². The maximum Gasteiger partial charge on any atom is 0.243 e. The highest BCUT2D eigenvalue weighted by atomic mass is 16.2. The smallest absolute Gasteiger partial charge is 0.243 e. The molecule has 0 aliphatic heterocycles. The molecular weight excluding hydrogens is 216 g/mol. The second-order valence-electron chi connectivity index (χ2n) is 3.95. The number of benzene rings is 1. The number of carbonyl (C=O) groups is 2. The van der Waals surface area contributed by atoms with Crippen molar-refractivity contribution in [2.24, 2.45) is 0 Å². The van der Waals surface area contributed by atoms with Crippen LogP contribution in [-0.4, -0.2) is 18.4 Å². The molecule has 0 aliphatic carbocycles. The number of carbonyl (C=O) groups excluding carboxylic acids is 2. The molecule has 0 fully saturated rings. The Morgan fingerprint density at radius 3 is 2.24 bits per heavy atom. The van der Waals surface area contributed by atoms with Crippen molar-refractivity contribution in [3.8, 4) is 0 Å². The molecule has 0 spiro atoms. The topological polar surface area (TPSA) is 58.2 Å². The second kappa shape index (κ2) is 6.03. The van der Waals surface area contributed by atoms with Crippen LogP contribution in [0.3, 0.4) is 0 Å². The lowest BCUT2D eigenvalue weighted by molar-refractivity contribution is -0.123. The Morgan fingerprint density at radius 1 is 1.12 bits per heavy atom. The van der Waals surface area contributed by atoms with Crippen LogP contribution in [0.4, 0.5) is 5.69 Å². The van der Waals surface area contributed by atoms with Crippen molar-refractivity contribution in [2.45, 2.75) is 27.2 Å². The van der Waals surface area contributed by atoms with Crippen molar-refractivity contribution in [3.63, 3.8) is 0 Å². The van der Waals surface area contributed by atoms with E-state index < -0.39 is 0 Å². The molecule has 4 heteroatoms. The van der Waals surface area contributed by atoms with E-state index in [4.69, 9.17) is 0 Å². The van der Waals surface area contributed by atoms with E-state index in [0.717, 1.165) is 16.8 Å². The Bertz CT molecular complexity index is 407. The summed E-state index contributed by atoms with van der Waals surface area (Å²) in [4.78, 5) is 22.6. The number of para-hydroxylation sites is 1. The second-order valence-corrected chi connectivity index (χ2v) is 3.95. The van der Waals surface area contributed by atoms with Crippen molar-refractivity contribution < 1.29 is 9.59 Å². The molecule has 0 aromatic heterocycles. The predicted octanol–water partition coefficient (Wildman–Crippen LogP) is 1.77. The van der Waals surface area contributed by atoms with Crippen LogP contribution in [-0.2, 0) is 9.59 Å². The summed E-state index contributed by atoms with van der Waals surface area (Å²) in [6, 6.07) is 5.82. The van der Waals surface area contributed by atoms with E-state index in [1.54, 1.807) is 6.92 Å². The fourth-order valence-corrected chi connectivity index (χ4v) is 1.50. The summed E-state index contributed by atoms with van der Waals surface area (Å²) >= 11 is 0. The molecule has 1 aromatic carbocycles. The van der Waals surface area contributed by atoms with E-state index in [0.29, 0.717) is 6.42 Å². The van der Waals surface area contributed by atoms with Crippen LogP contribution in [0.1, 0.15) is 24.5 Å². The minimum atomic E-state index is -0.204. The van der Waals surface area contributed by atoms with Crippen LogP contribution >= 0.6 is 0 Å². The highest BCUT2D eigenvalue weighted by Crippen LogP contribution is 2.18. The van der Waals surface area contributed by atoms with Gasteiger partial charge in [-0.15, -0.1) is 0 Å². The Kier molecular flexibility index (Phi) is 4.69. The van der Waals surface area contributed by atoms with Crippen LogP contribution in [0.25, 0.3) is 0 Å². The minimum absolute atomic E-state index is 0.0143. The zero-order valence-electron chi connectivity index (χ0n) is 10.5. The van der Waals surface area contributed by atoms with Gasteiger partial charge in [0.05, 0.1) is 6.54 Å². The van der Waals surface area contributed by atoms with Crippen molar-refractivity contribution >= 4 is 17.5 Å². The molecule has 0 saturated heterocycles. The molecule has 0 aliphatic rings. The van der Waals surface area contributed by atoms with Gasteiger partial charge in [-0.2, -0.15) is 0 Å². The highest BCUT2D eigenvalue weighted by molar-refractivity contribution is 5.95. The van der Waals surface area contributed by atoms with Crippen molar-refractivity contribution in [1.29, 1.82) is 0 Å². The van der Waals surface area contributed by atoms with Gasteiger partial charge in [0.25, 0.3) is 0 Å². The van der Waals surface area contributed by atoms with E-state index in [9.17, 15) is 9.59 Å². The molecule has 1 aromatic rings. The molecule has 92 valence electrons. The lowest BCUT2D eigenvalue weighted by Crippen LogP contribution is -2.32. The molecule has 2 N–H and O–H groups in total. The summed E-state index contributed by atoms with van der Waals surface area (Å²) in [5, 5.41) is 5.34. The van der Waals surface area contributed by atoms with Gasteiger partial charge in [-0.3, -0.25) is 9.59 Å². The fourth-order valence-electron chi connectivity index (χ4n) is 1.50. The molecule has 0 atom stereocenters. The quantitative estimate of drug-likeness (QED) is 0.834. The van der Waals surface area contributed by atoms with Crippen LogP contribution < -0.4 is 10.6 Å². The largest absolute Gasteiger partial charge is 0.347 e. The number of aryl methyl sites for hydroxylation is 2. The molecule has 0 unspecified atom stereocenters. The molecule has 0 radical (unpaired) electrons. The number of nitrogens with one attached hydrogen (secondary N) is 2. The molecule has 1 rings (SSSR count). The van der Waals surface area contributed by atoms with E-state index in [1.165, 1.54) is 0 Å². The Morgan fingerprint density at radius 2 is 1.71 bits per heavy atom. The average molecular weight is 234 g/mol. The third-order valence-corrected chi connectivity index (χ3v) is 2.51. The Labute approximate surface area is 101 Å². The maximum atomic E-state index is 11.6. The standard InChI is InChI=1S/C13H18N2O2/c1-4-11(16)14-8-12(17)15-13-9(2)6-5-7-10(13)3/h5-7H,4,8H2,1-3H3,(H,14,16)(H,15,17). The van der Waals surface area contributed by atoms with Gasteiger partial charge in [0.15, 0.2) is 0 Å². The first kappa shape index (κ1) is 13.2. The van der Waals surface area contributed by atoms with Gasteiger partial charge in [0, 0.05) is 12.1 Å². The summed E-state index contributed by atoms with van der Waals surface area (Å²) in [5.74, 6) is -0.328. The van der Waals surface area contributed by atoms with Crippen molar-refractivity contribution in [3.05, 3.63) is 29.3 Å². The van der Waals surface area contributed by atoms with E-state index in [2.05, 4.69) is 10.6 Å². The SMILES string of the molecule is CCC(=O)NCC(=O)Nc1c(C)cccc1C. The monoisotopic (exact) mass is 234 g/mol. The normalized spacial score (nSPS) is 9.82. The summed E-state index contributed by atoms with van der Waals surface area (Å²) in [5.41, 5.74) is 2.85. The molecule has 0 saturated carbocycles. The number of anilines is 1. The third kappa shape index (κ3) is 3.90. The number of hydrogen-bond donors (Lipinski definition) is 2. The van der Waals surface area contributed by atoms with E-state index in [-0.39, 0.29) is 18.4 Å². The first-order chi connectivity index (χ1) is 8.04. The first-order valence-electron chi connectivity index (χ1n) is 5.67. The number of rotatable bonds is 4. The van der Waals surface area contributed by atoms with Gasteiger partial charge in [-0.05, 0) is 25.0 Å². The Hall–Kier alpha value is -1.84. The van der Waals surface area contributed by atoms with E-state index in [1.807, 2.05) is 32.0 Å². The van der Waals surface area contributed by atoms with Gasteiger partial charge in [-0.25, -0.2) is 0 Å². The average Bonchev–Trinajstić information content (AvgIpc) is 2.31. The Balaban J connectivity index is 2.59. The lowest BCUT2D eigenvalue weighted by Gasteiger charge is -2.11. The maximum absolute atomic E-state index is 11.6. The van der Waals surface area contributed by atoms with Crippen molar-refractivity contribution in [1.82, 2.24) is 5.32 Å². The first-order valence-corrected chi connectivity index (χ1v) is 5.67. The van der Waals surface area contributed by atoms with Crippen LogP contribution in [0.2, 0.25) is 0 Å². The fraction of sp³-hybridized carbons (Fsp3) is 0.385. The van der Waals surface area contributed by atoms with Gasteiger partial charge in [-0.1, -0.05) is 25.1 Å². The summed E-state index contributed by atoms with van der Waals surface area (Å²) in [6.45, 7) is 5.64. The molecule has 0 bridgehead atoms. The minimum Gasteiger partial charge on any atom is -0.347 e. The summed E-state index contributed by atoms with van der Waals surface area (Å²) in [7, 11) is 0. The van der Waals surface area contributed by atoms with Gasteiger partial charge in [0.1, 0.15) is 0 Å². The number of hydrogen-bond acceptors (Lipinski definition) is 2. The van der Waals surface area contributed by atoms with E-state index >= 15 is 0 Å². The lowest BCUT2D eigenvalue weighted by atomic mass is 10.1. The van der Waals surface area contributed by atoms with Crippen LogP contribution in [0.15, 0.2) is 18.2 Å². The van der Waals surface area contributed by atoms with Gasteiger partial charge >= 0.3 is 0 Å². The molecule has 0 heterocycles. The highest BCUT2D eigenvalue weighted by Gasteiger charge is 2.07. The van der Waals surface area contributed by atoms with Gasteiger partial charge < -0.3 is 10.6 Å². The summed E-state index contributed by atoms with van der Waals surface area (Å²) < 4.78 is 0. The molecule has 4 nitrogen and oxygen atoms in total. The molecule has 17 heavy (non-hydrogen) atoms. The zero-order chi connectivity index (χ0) is 12.8. The predicted molar refractivity (Wildman–Crippen MR) is 67.8 cm³/mol. The summed E-state index contributed by atoms with van der Waals surface area (Å²) in [6.07, 6.45) is 0.386. The molecular formula is C13H18N2O2. The molecule has 2 amide bonds. The van der Waals surface area contributed by atoms with Crippen LogP contribution in [0.5, 0.6) is 0 Å². The van der Waals surface area contributed by atoms with Gasteiger partial charge in [0.2, 0.25) is 11.8 Å². The third-order valence-electron chi connectivity index (χ3n) is 2.51. The van der Waals surface area contributed by atoms with Crippen molar-refractivity contribution in [2.75, 3.05) is 11.9 Å².